The molecule has 0 radical (unpaired) electrons. The Balaban J connectivity index is 1.97. The van der Waals surface area contributed by atoms with Crippen LogP contribution in [0.5, 0.6) is 11.5 Å². The molecule has 30 heavy (non-hydrogen) atoms. The topological polar surface area (TPSA) is 48.7 Å². The lowest BCUT2D eigenvalue weighted by molar-refractivity contribution is -0.142. The standard InChI is InChI=1S/C21H15ClF3N3O2/c1-29-17-8-5-13(9-18(17)30-2)16-10-19(21(23,24)25)28-20(27-16)15(11-26-28)12-3-6-14(22)7-4-12/h3-11H,1-2H3. The second-order valence-corrected chi connectivity index (χ2v) is 6.83. The van der Waals surface area contributed by atoms with Gasteiger partial charge in [0.1, 0.15) is 0 Å². The van der Waals surface area contributed by atoms with Crippen LogP contribution in [0.4, 0.5) is 13.2 Å². The number of nitrogens with zero attached hydrogens (tertiary/aromatic N) is 3. The Morgan fingerprint density at radius 1 is 0.900 bits per heavy atom. The highest BCUT2D eigenvalue weighted by Crippen LogP contribution is 2.37. The van der Waals surface area contributed by atoms with Gasteiger partial charge in [0, 0.05) is 16.1 Å². The molecule has 5 nitrogen and oxygen atoms in total. The van der Waals surface area contributed by atoms with Crippen molar-refractivity contribution in [2.75, 3.05) is 14.2 Å². The number of methoxy groups -OCH3 is 2. The van der Waals surface area contributed by atoms with Gasteiger partial charge in [-0.15, -0.1) is 0 Å². The molecule has 2 heterocycles. The van der Waals surface area contributed by atoms with E-state index in [0.717, 1.165) is 10.6 Å². The molecule has 2 aromatic carbocycles. The van der Waals surface area contributed by atoms with Crippen LogP contribution in [-0.2, 0) is 6.18 Å². The van der Waals surface area contributed by atoms with E-state index in [1.54, 1.807) is 42.5 Å². The highest BCUT2D eigenvalue weighted by atomic mass is 35.5. The van der Waals surface area contributed by atoms with Crippen molar-refractivity contribution in [1.29, 1.82) is 0 Å². The number of rotatable bonds is 4. The maximum atomic E-state index is 13.8. The van der Waals surface area contributed by atoms with Crippen LogP contribution in [0.2, 0.25) is 5.02 Å². The summed E-state index contributed by atoms with van der Waals surface area (Å²) in [6, 6.07) is 12.5. The second-order valence-electron chi connectivity index (χ2n) is 6.39. The van der Waals surface area contributed by atoms with Gasteiger partial charge in [-0.25, -0.2) is 9.50 Å². The summed E-state index contributed by atoms with van der Waals surface area (Å²) < 4.78 is 52.6. The molecule has 0 aliphatic rings. The first-order valence-corrected chi connectivity index (χ1v) is 9.14. The molecule has 4 rings (SSSR count). The van der Waals surface area contributed by atoms with Crippen LogP contribution in [0.15, 0.2) is 54.7 Å². The zero-order valence-electron chi connectivity index (χ0n) is 15.9. The first kappa shape index (κ1) is 20.0. The van der Waals surface area contributed by atoms with Crippen LogP contribution in [0.25, 0.3) is 28.0 Å². The van der Waals surface area contributed by atoms with Crippen LogP contribution in [0, 0.1) is 0 Å². The fourth-order valence-corrected chi connectivity index (χ4v) is 3.27. The Labute approximate surface area is 174 Å². The number of hydrogen-bond donors (Lipinski definition) is 0. The molecule has 0 spiro atoms. The van der Waals surface area contributed by atoms with Crippen molar-refractivity contribution in [1.82, 2.24) is 14.6 Å². The number of hydrogen-bond acceptors (Lipinski definition) is 4. The number of aromatic nitrogens is 3. The minimum atomic E-state index is -4.63. The van der Waals surface area contributed by atoms with E-state index in [-0.39, 0.29) is 11.3 Å². The SMILES string of the molecule is COc1ccc(-c2cc(C(F)(F)F)n3ncc(-c4ccc(Cl)cc4)c3n2)cc1OC. The molecular weight excluding hydrogens is 419 g/mol. The van der Waals surface area contributed by atoms with E-state index in [1.807, 2.05) is 0 Å². The van der Waals surface area contributed by atoms with Crippen LogP contribution in [0.3, 0.4) is 0 Å². The molecule has 0 bridgehead atoms. The molecule has 0 atom stereocenters. The summed E-state index contributed by atoms with van der Waals surface area (Å²) in [7, 11) is 2.93. The molecule has 0 fully saturated rings. The molecule has 4 aromatic rings. The molecule has 0 N–H and O–H groups in total. The molecule has 0 saturated carbocycles. The van der Waals surface area contributed by atoms with Gasteiger partial charge in [0.05, 0.1) is 26.1 Å². The number of benzene rings is 2. The van der Waals surface area contributed by atoms with Crippen molar-refractivity contribution in [2.45, 2.75) is 6.18 Å². The smallest absolute Gasteiger partial charge is 0.433 e. The lowest BCUT2D eigenvalue weighted by Crippen LogP contribution is -2.13. The van der Waals surface area contributed by atoms with Gasteiger partial charge >= 0.3 is 6.18 Å². The van der Waals surface area contributed by atoms with Gasteiger partial charge in [-0.2, -0.15) is 18.3 Å². The molecule has 2 aromatic heterocycles. The minimum Gasteiger partial charge on any atom is -0.493 e. The van der Waals surface area contributed by atoms with Crippen molar-refractivity contribution in [3.63, 3.8) is 0 Å². The van der Waals surface area contributed by atoms with Crippen LogP contribution in [0.1, 0.15) is 5.69 Å². The summed E-state index contributed by atoms with van der Waals surface area (Å²) in [5, 5.41) is 4.45. The molecule has 9 heteroatoms. The number of alkyl halides is 3. The Morgan fingerprint density at radius 2 is 1.57 bits per heavy atom. The van der Waals surface area contributed by atoms with E-state index in [0.29, 0.717) is 33.2 Å². The summed E-state index contributed by atoms with van der Waals surface area (Å²) in [4.78, 5) is 4.48. The molecule has 0 aliphatic heterocycles. The maximum Gasteiger partial charge on any atom is 0.433 e. The Hall–Kier alpha value is -3.26. The monoisotopic (exact) mass is 433 g/mol. The van der Waals surface area contributed by atoms with E-state index in [4.69, 9.17) is 21.1 Å². The van der Waals surface area contributed by atoms with Gasteiger partial charge in [0.25, 0.3) is 0 Å². The van der Waals surface area contributed by atoms with Gasteiger partial charge in [0.2, 0.25) is 0 Å². The quantitative estimate of drug-likeness (QED) is 0.411. The summed E-state index contributed by atoms with van der Waals surface area (Å²) >= 11 is 5.93. The van der Waals surface area contributed by atoms with Crippen molar-refractivity contribution in [2.24, 2.45) is 0 Å². The normalized spacial score (nSPS) is 11.7. The van der Waals surface area contributed by atoms with Crippen LogP contribution in [-0.4, -0.2) is 28.8 Å². The van der Waals surface area contributed by atoms with E-state index in [1.165, 1.54) is 20.4 Å². The summed E-state index contributed by atoms with van der Waals surface area (Å²) in [6.07, 6.45) is -3.27. The van der Waals surface area contributed by atoms with Gasteiger partial charge in [-0.3, -0.25) is 0 Å². The van der Waals surface area contributed by atoms with Crippen LogP contribution >= 0.6 is 11.6 Å². The third kappa shape index (κ3) is 3.54. The molecule has 0 unspecified atom stereocenters. The number of halogens is 4. The maximum absolute atomic E-state index is 13.8. The molecule has 0 amide bonds. The van der Waals surface area contributed by atoms with Crippen molar-refractivity contribution >= 4 is 17.2 Å². The molecule has 154 valence electrons. The van der Waals surface area contributed by atoms with E-state index >= 15 is 0 Å². The molecular formula is C21H15ClF3N3O2. The van der Waals surface area contributed by atoms with E-state index in [9.17, 15) is 13.2 Å². The predicted octanol–water partition coefficient (Wildman–Crippen LogP) is 5.75. The van der Waals surface area contributed by atoms with Gasteiger partial charge < -0.3 is 9.47 Å². The number of fused-ring (bicyclic) bond motifs is 1. The third-order valence-electron chi connectivity index (χ3n) is 4.60. The van der Waals surface area contributed by atoms with Crippen LogP contribution < -0.4 is 9.47 Å². The summed E-state index contributed by atoms with van der Waals surface area (Å²) in [6.45, 7) is 0. The zero-order chi connectivity index (χ0) is 21.5. The highest BCUT2D eigenvalue weighted by Gasteiger charge is 2.35. The fourth-order valence-electron chi connectivity index (χ4n) is 3.14. The van der Waals surface area contributed by atoms with Crippen molar-refractivity contribution < 1.29 is 22.6 Å². The van der Waals surface area contributed by atoms with Gasteiger partial charge in [0.15, 0.2) is 22.8 Å². The minimum absolute atomic E-state index is 0.0805. The third-order valence-corrected chi connectivity index (χ3v) is 4.85. The largest absolute Gasteiger partial charge is 0.493 e. The molecule has 0 aliphatic carbocycles. The first-order valence-electron chi connectivity index (χ1n) is 8.76. The lowest BCUT2D eigenvalue weighted by Gasteiger charge is -2.13. The fraction of sp³-hybridized carbons (Fsp3) is 0.143. The Kier molecular flexibility index (Phi) is 5.03. The Morgan fingerprint density at radius 3 is 2.20 bits per heavy atom. The lowest BCUT2D eigenvalue weighted by atomic mass is 10.1. The van der Waals surface area contributed by atoms with Crippen molar-refractivity contribution in [3.05, 3.63) is 65.4 Å². The number of ether oxygens (including phenoxy) is 2. The first-order chi connectivity index (χ1) is 14.3. The van der Waals surface area contributed by atoms with E-state index in [2.05, 4.69) is 10.1 Å². The predicted molar refractivity (Wildman–Crippen MR) is 107 cm³/mol. The van der Waals surface area contributed by atoms with Gasteiger partial charge in [-0.05, 0) is 42.0 Å². The zero-order valence-corrected chi connectivity index (χ0v) is 16.6. The Bertz CT molecular complexity index is 1220. The average molecular weight is 434 g/mol. The summed E-state index contributed by atoms with van der Waals surface area (Å²) in [5.41, 5.74) is 0.837. The highest BCUT2D eigenvalue weighted by molar-refractivity contribution is 6.30. The average Bonchev–Trinajstić information content (AvgIpc) is 3.16. The van der Waals surface area contributed by atoms with Crippen molar-refractivity contribution in [3.8, 4) is 33.9 Å². The summed E-state index contributed by atoms with van der Waals surface area (Å²) in [5.74, 6) is 0.848. The van der Waals surface area contributed by atoms with E-state index < -0.39 is 11.9 Å². The van der Waals surface area contributed by atoms with Gasteiger partial charge in [-0.1, -0.05) is 23.7 Å². The molecule has 0 saturated heterocycles. The second kappa shape index (κ2) is 7.53.